The third-order valence-electron chi connectivity index (χ3n) is 4.82. The van der Waals surface area contributed by atoms with Crippen LogP contribution in [-0.4, -0.2) is 27.1 Å². The Kier molecular flexibility index (Phi) is 7.81. The summed E-state index contributed by atoms with van der Waals surface area (Å²) in [5.41, 5.74) is 4.24. The zero-order chi connectivity index (χ0) is 21.5. The Hall–Kier alpha value is -2.45. The van der Waals surface area contributed by atoms with Crippen molar-refractivity contribution in [3.05, 3.63) is 56.8 Å². The van der Waals surface area contributed by atoms with Gasteiger partial charge in [0.05, 0.1) is 5.69 Å². The zero-order valence-corrected chi connectivity index (χ0v) is 19.1. The monoisotopic (exact) mass is 442 g/mol. The summed E-state index contributed by atoms with van der Waals surface area (Å²) in [4.78, 5) is 36.1. The van der Waals surface area contributed by atoms with Crippen LogP contribution in [0.3, 0.4) is 0 Å². The van der Waals surface area contributed by atoms with Crippen molar-refractivity contribution in [3.63, 3.8) is 0 Å². The predicted molar refractivity (Wildman–Crippen MR) is 124 cm³/mol. The van der Waals surface area contributed by atoms with E-state index >= 15 is 0 Å². The Balaban J connectivity index is 1.58. The minimum Gasteiger partial charge on any atom is -0.302 e. The molecule has 2 aromatic heterocycles. The SMILES string of the molecule is CCCCc1ccc(-c2csc(NC(=O)CCc3c(C)nc(SC)[nH]c3=O)n2)cc1. The second kappa shape index (κ2) is 10.5. The summed E-state index contributed by atoms with van der Waals surface area (Å²) in [5.74, 6) is -0.168. The number of thiazole rings is 1. The number of thioether (sulfide) groups is 1. The van der Waals surface area contributed by atoms with Crippen LogP contribution >= 0.6 is 23.1 Å². The molecule has 3 aromatic rings. The molecule has 0 bridgehead atoms. The number of unbranched alkanes of at least 4 members (excludes halogenated alkanes) is 1. The van der Waals surface area contributed by atoms with Crippen molar-refractivity contribution >= 4 is 34.1 Å². The fourth-order valence-corrected chi connectivity index (χ4v) is 4.24. The maximum absolute atomic E-state index is 12.3. The second-order valence-electron chi connectivity index (χ2n) is 7.03. The van der Waals surface area contributed by atoms with Crippen LogP contribution in [0.15, 0.2) is 39.6 Å². The molecule has 6 nitrogen and oxygen atoms in total. The molecule has 0 radical (unpaired) electrons. The van der Waals surface area contributed by atoms with Gasteiger partial charge in [0.2, 0.25) is 5.91 Å². The van der Waals surface area contributed by atoms with Crippen LogP contribution in [0, 0.1) is 6.92 Å². The highest BCUT2D eigenvalue weighted by Gasteiger charge is 2.12. The lowest BCUT2D eigenvalue weighted by Gasteiger charge is -2.06. The molecular formula is C22H26N4O2S2. The van der Waals surface area contributed by atoms with Crippen LogP contribution in [0.5, 0.6) is 0 Å². The number of aromatic nitrogens is 3. The maximum atomic E-state index is 12.3. The van der Waals surface area contributed by atoms with Crippen LogP contribution in [-0.2, 0) is 17.6 Å². The molecule has 0 aliphatic heterocycles. The van der Waals surface area contributed by atoms with Gasteiger partial charge in [0.25, 0.3) is 5.56 Å². The van der Waals surface area contributed by atoms with Crippen molar-refractivity contribution < 1.29 is 4.79 Å². The standard InChI is InChI=1S/C22H26N4O2S2/c1-4-5-6-15-7-9-16(10-8-15)18-13-30-22(24-18)25-19(27)12-11-17-14(2)23-21(29-3)26-20(17)28/h7-10,13H,4-6,11-12H2,1-3H3,(H,23,26,28)(H,24,25,27). The molecule has 0 aliphatic carbocycles. The topological polar surface area (TPSA) is 87.7 Å². The molecule has 2 N–H and O–H groups in total. The maximum Gasteiger partial charge on any atom is 0.254 e. The quantitative estimate of drug-likeness (QED) is 0.366. The molecule has 30 heavy (non-hydrogen) atoms. The zero-order valence-electron chi connectivity index (χ0n) is 17.4. The lowest BCUT2D eigenvalue weighted by Crippen LogP contribution is -2.20. The van der Waals surface area contributed by atoms with Gasteiger partial charge < -0.3 is 10.3 Å². The van der Waals surface area contributed by atoms with Gasteiger partial charge in [-0.1, -0.05) is 49.4 Å². The summed E-state index contributed by atoms with van der Waals surface area (Å²) in [5, 5.41) is 5.92. The molecule has 8 heteroatoms. The van der Waals surface area contributed by atoms with Gasteiger partial charge in [0.1, 0.15) is 0 Å². The number of carbonyl (C=O) groups is 1. The van der Waals surface area contributed by atoms with Gasteiger partial charge in [-0.2, -0.15) is 0 Å². The van der Waals surface area contributed by atoms with E-state index in [0.717, 1.165) is 17.7 Å². The van der Waals surface area contributed by atoms with E-state index in [2.05, 4.69) is 51.5 Å². The van der Waals surface area contributed by atoms with Gasteiger partial charge in [0, 0.05) is 28.6 Å². The fraction of sp³-hybridized carbons (Fsp3) is 0.364. The Bertz CT molecular complexity index is 1060. The normalized spacial score (nSPS) is 10.9. The first kappa shape index (κ1) is 22.2. The molecule has 0 saturated carbocycles. The lowest BCUT2D eigenvalue weighted by atomic mass is 10.1. The summed E-state index contributed by atoms with van der Waals surface area (Å²) in [6, 6.07) is 8.43. The molecule has 0 unspecified atom stereocenters. The second-order valence-corrected chi connectivity index (χ2v) is 8.68. The minimum atomic E-state index is -0.182. The van der Waals surface area contributed by atoms with E-state index in [9.17, 15) is 9.59 Å². The number of hydrogen-bond acceptors (Lipinski definition) is 6. The molecule has 0 spiro atoms. The van der Waals surface area contributed by atoms with E-state index < -0.39 is 0 Å². The van der Waals surface area contributed by atoms with Crippen LogP contribution in [0.2, 0.25) is 0 Å². The number of benzene rings is 1. The minimum absolute atomic E-state index is 0.168. The number of nitrogens with one attached hydrogen (secondary N) is 2. The van der Waals surface area contributed by atoms with E-state index in [0.29, 0.717) is 28.0 Å². The van der Waals surface area contributed by atoms with Crippen molar-refractivity contribution in [3.8, 4) is 11.3 Å². The van der Waals surface area contributed by atoms with E-state index in [1.807, 2.05) is 11.6 Å². The van der Waals surface area contributed by atoms with Crippen molar-refractivity contribution in [1.82, 2.24) is 15.0 Å². The molecule has 158 valence electrons. The third-order valence-corrected chi connectivity index (χ3v) is 6.15. The highest BCUT2D eigenvalue weighted by atomic mass is 32.2. The number of amides is 1. The summed E-state index contributed by atoms with van der Waals surface area (Å²) in [6.07, 6.45) is 5.86. The number of H-pyrrole nitrogens is 1. The van der Waals surface area contributed by atoms with Crippen molar-refractivity contribution in [2.45, 2.75) is 51.1 Å². The van der Waals surface area contributed by atoms with Gasteiger partial charge in [-0.05, 0) is 38.0 Å². The average molecular weight is 443 g/mol. The van der Waals surface area contributed by atoms with Gasteiger partial charge in [-0.15, -0.1) is 11.3 Å². The number of aryl methyl sites for hydroxylation is 2. The molecule has 0 atom stereocenters. The Morgan fingerprint density at radius 2 is 1.97 bits per heavy atom. The molecule has 0 aliphatic rings. The summed E-state index contributed by atoms with van der Waals surface area (Å²) < 4.78 is 0. The van der Waals surface area contributed by atoms with Crippen LogP contribution in [0.4, 0.5) is 5.13 Å². The van der Waals surface area contributed by atoms with Crippen LogP contribution in [0.1, 0.15) is 43.0 Å². The van der Waals surface area contributed by atoms with Crippen molar-refractivity contribution in [2.75, 3.05) is 11.6 Å². The Labute approximate surface area is 184 Å². The number of rotatable bonds is 9. The molecule has 3 rings (SSSR count). The summed E-state index contributed by atoms with van der Waals surface area (Å²) in [7, 11) is 0. The van der Waals surface area contributed by atoms with Crippen molar-refractivity contribution in [1.29, 1.82) is 0 Å². The Morgan fingerprint density at radius 3 is 2.63 bits per heavy atom. The van der Waals surface area contributed by atoms with E-state index in [4.69, 9.17) is 0 Å². The first-order chi connectivity index (χ1) is 14.5. The van der Waals surface area contributed by atoms with E-state index in [1.165, 1.54) is 41.5 Å². The van der Waals surface area contributed by atoms with Gasteiger partial charge in [-0.25, -0.2) is 9.97 Å². The van der Waals surface area contributed by atoms with Gasteiger partial charge in [-0.3, -0.25) is 9.59 Å². The highest BCUT2D eigenvalue weighted by molar-refractivity contribution is 7.98. The van der Waals surface area contributed by atoms with Gasteiger partial charge >= 0.3 is 0 Å². The molecule has 1 aromatic carbocycles. The summed E-state index contributed by atoms with van der Waals surface area (Å²) in [6.45, 7) is 3.99. The number of carbonyl (C=O) groups excluding carboxylic acids is 1. The highest BCUT2D eigenvalue weighted by Crippen LogP contribution is 2.25. The predicted octanol–water partition coefficient (Wildman–Crippen LogP) is 4.84. The average Bonchev–Trinajstić information content (AvgIpc) is 3.20. The number of anilines is 1. The Morgan fingerprint density at radius 1 is 1.20 bits per heavy atom. The first-order valence-corrected chi connectivity index (χ1v) is 12.1. The third kappa shape index (κ3) is 5.79. The lowest BCUT2D eigenvalue weighted by molar-refractivity contribution is -0.116. The van der Waals surface area contributed by atoms with Crippen LogP contribution < -0.4 is 10.9 Å². The summed E-state index contributed by atoms with van der Waals surface area (Å²) >= 11 is 2.78. The van der Waals surface area contributed by atoms with E-state index in [-0.39, 0.29) is 17.9 Å². The molecule has 2 heterocycles. The van der Waals surface area contributed by atoms with Crippen LogP contribution in [0.25, 0.3) is 11.3 Å². The number of hydrogen-bond donors (Lipinski definition) is 2. The largest absolute Gasteiger partial charge is 0.302 e. The number of nitrogens with zero attached hydrogens (tertiary/aromatic N) is 2. The molecular weight excluding hydrogens is 416 g/mol. The molecule has 1 amide bonds. The van der Waals surface area contributed by atoms with Gasteiger partial charge in [0.15, 0.2) is 10.3 Å². The van der Waals surface area contributed by atoms with E-state index in [1.54, 1.807) is 6.92 Å². The fourth-order valence-electron chi connectivity index (χ4n) is 3.08. The number of aromatic amines is 1. The molecule has 0 saturated heterocycles. The smallest absolute Gasteiger partial charge is 0.254 e. The molecule has 0 fully saturated rings. The van der Waals surface area contributed by atoms with Crippen molar-refractivity contribution in [2.24, 2.45) is 0 Å². The first-order valence-electron chi connectivity index (χ1n) is 9.98.